The lowest BCUT2D eigenvalue weighted by Crippen LogP contribution is -2.33. The van der Waals surface area contributed by atoms with Crippen LogP contribution in [0.1, 0.15) is 38.5 Å². The van der Waals surface area contributed by atoms with Crippen LogP contribution in [0.2, 0.25) is 0 Å². The smallest absolute Gasteiger partial charge is 0.221 e. The third-order valence-electron chi connectivity index (χ3n) is 2.77. The molecule has 0 spiro atoms. The van der Waals surface area contributed by atoms with E-state index in [1.54, 1.807) is 0 Å². The molecule has 0 radical (unpaired) electrons. The summed E-state index contributed by atoms with van der Waals surface area (Å²) in [7, 11) is 0. The minimum Gasteiger partial charge on any atom is -0.370 e. The standard InChI is InChI=1S/C11H21N3O2/c12-10(15)5-1-2-6-13-9-4-3-7-14-11(16)8-9/h9,13H,1-8H2,(H2,12,15)(H,14,16). The molecule has 1 aliphatic rings. The molecule has 1 aliphatic heterocycles. The number of nitrogens with two attached hydrogens (primary N) is 1. The van der Waals surface area contributed by atoms with Gasteiger partial charge in [-0.05, 0) is 32.2 Å². The van der Waals surface area contributed by atoms with Crippen LogP contribution in [-0.4, -0.2) is 30.9 Å². The van der Waals surface area contributed by atoms with Gasteiger partial charge in [0.2, 0.25) is 11.8 Å². The molecular formula is C11H21N3O2. The van der Waals surface area contributed by atoms with E-state index in [4.69, 9.17) is 5.73 Å². The highest BCUT2D eigenvalue weighted by molar-refractivity contribution is 5.76. The molecule has 0 bridgehead atoms. The Hall–Kier alpha value is -1.10. The Balaban J connectivity index is 2.07. The molecule has 5 heteroatoms. The van der Waals surface area contributed by atoms with Gasteiger partial charge in [0.1, 0.15) is 0 Å². The normalized spacial score (nSPS) is 21.2. The molecule has 1 rings (SSSR count). The van der Waals surface area contributed by atoms with Gasteiger partial charge in [-0.2, -0.15) is 0 Å². The fourth-order valence-corrected chi connectivity index (χ4v) is 1.88. The largest absolute Gasteiger partial charge is 0.370 e. The van der Waals surface area contributed by atoms with E-state index in [2.05, 4.69) is 10.6 Å². The van der Waals surface area contributed by atoms with E-state index >= 15 is 0 Å². The van der Waals surface area contributed by atoms with E-state index in [0.29, 0.717) is 12.8 Å². The SMILES string of the molecule is NC(=O)CCCCNC1CCCNC(=O)C1. The summed E-state index contributed by atoms with van der Waals surface area (Å²) in [4.78, 5) is 21.8. The maximum Gasteiger partial charge on any atom is 0.221 e. The monoisotopic (exact) mass is 227 g/mol. The average molecular weight is 227 g/mol. The summed E-state index contributed by atoms with van der Waals surface area (Å²) in [5.74, 6) is -0.110. The van der Waals surface area contributed by atoms with Crippen molar-refractivity contribution in [2.75, 3.05) is 13.1 Å². The van der Waals surface area contributed by atoms with Gasteiger partial charge in [-0.15, -0.1) is 0 Å². The maximum absolute atomic E-state index is 11.3. The van der Waals surface area contributed by atoms with E-state index < -0.39 is 0 Å². The number of rotatable bonds is 6. The van der Waals surface area contributed by atoms with Crippen LogP contribution in [0.4, 0.5) is 0 Å². The molecule has 1 heterocycles. The summed E-state index contributed by atoms with van der Waals surface area (Å²) in [5.41, 5.74) is 5.04. The lowest BCUT2D eigenvalue weighted by Gasteiger charge is -2.14. The number of carbonyl (C=O) groups is 2. The van der Waals surface area contributed by atoms with Gasteiger partial charge >= 0.3 is 0 Å². The van der Waals surface area contributed by atoms with Crippen LogP contribution in [0.25, 0.3) is 0 Å². The lowest BCUT2D eigenvalue weighted by molar-refractivity contribution is -0.121. The number of hydrogen-bond acceptors (Lipinski definition) is 3. The second-order valence-electron chi connectivity index (χ2n) is 4.27. The first-order valence-corrected chi connectivity index (χ1v) is 5.97. The molecule has 0 aromatic rings. The molecule has 16 heavy (non-hydrogen) atoms. The summed E-state index contributed by atoms with van der Waals surface area (Å²) < 4.78 is 0. The van der Waals surface area contributed by atoms with Crippen LogP contribution < -0.4 is 16.4 Å². The van der Waals surface area contributed by atoms with Crippen molar-refractivity contribution in [3.05, 3.63) is 0 Å². The lowest BCUT2D eigenvalue weighted by atomic mass is 10.1. The topological polar surface area (TPSA) is 84.2 Å². The molecule has 1 atom stereocenters. The Morgan fingerprint density at radius 3 is 3.06 bits per heavy atom. The van der Waals surface area contributed by atoms with Crippen molar-refractivity contribution in [3.63, 3.8) is 0 Å². The number of carbonyl (C=O) groups excluding carboxylic acids is 2. The van der Waals surface area contributed by atoms with Crippen molar-refractivity contribution in [1.82, 2.24) is 10.6 Å². The van der Waals surface area contributed by atoms with E-state index in [9.17, 15) is 9.59 Å². The van der Waals surface area contributed by atoms with Gasteiger partial charge in [-0.3, -0.25) is 9.59 Å². The van der Waals surface area contributed by atoms with Crippen LogP contribution in [0.3, 0.4) is 0 Å². The van der Waals surface area contributed by atoms with Gasteiger partial charge in [0, 0.05) is 25.4 Å². The quantitative estimate of drug-likeness (QED) is 0.554. The highest BCUT2D eigenvalue weighted by Gasteiger charge is 2.15. The van der Waals surface area contributed by atoms with E-state index in [1.807, 2.05) is 0 Å². The second kappa shape index (κ2) is 7.22. The van der Waals surface area contributed by atoms with E-state index in [-0.39, 0.29) is 17.9 Å². The van der Waals surface area contributed by atoms with Crippen LogP contribution in [0.5, 0.6) is 0 Å². The van der Waals surface area contributed by atoms with Gasteiger partial charge in [-0.25, -0.2) is 0 Å². The molecule has 5 nitrogen and oxygen atoms in total. The maximum atomic E-state index is 11.3. The zero-order valence-electron chi connectivity index (χ0n) is 9.63. The van der Waals surface area contributed by atoms with Crippen molar-refractivity contribution in [3.8, 4) is 0 Å². The van der Waals surface area contributed by atoms with Crippen molar-refractivity contribution >= 4 is 11.8 Å². The first kappa shape index (κ1) is 13.0. The zero-order valence-corrected chi connectivity index (χ0v) is 9.63. The molecule has 1 fully saturated rings. The molecule has 1 unspecified atom stereocenters. The molecule has 1 saturated heterocycles. The minimum atomic E-state index is -0.242. The highest BCUT2D eigenvalue weighted by Crippen LogP contribution is 2.06. The fourth-order valence-electron chi connectivity index (χ4n) is 1.88. The molecule has 4 N–H and O–H groups in total. The van der Waals surface area contributed by atoms with Crippen LogP contribution >= 0.6 is 0 Å². The third kappa shape index (κ3) is 5.70. The van der Waals surface area contributed by atoms with E-state index in [0.717, 1.165) is 38.8 Å². The van der Waals surface area contributed by atoms with Crippen molar-refractivity contribution in [2.24, 2.45) is 5.73 Å². The van der Waals surface area contributed by atoms with Gasteiger partial charge < -0.3 is 16.4 Å². The first-order valence-electron chi connectivity index (χ1n) is 5.97. The number of primary amides is 1. The molecular weight excluding hydrogens is 206 g/mol. The van der Waals surface area contributed by atoms with Crippen LogP contribution in [0.15, 0.2) is 0 Å². The van der Waals surface area contributed by atoms with E-state index in [1.165, 1.54) is 0 Å². The summed E-state index contributed by atoms with van der Waals surface area (Å²) in [6.07, 6.45) is 4.84. The third-order valence-corrected chi connectivity index (χ3v) is 2.77. The van der Waals surface area contributed by atoms with Crippen molar-refractivity contribution < 1.29 is 9.59 Å². The van der Waals surface area contributed by atoms with Gasteiger partial charge in [-0.1, -0.05) is 0 Å². The van der Waals surface area contributed by atoms with Gasteiger partial charge in [0.15, 0.2) is 0 Å². The number of amides is 2. The highest BCUT2D eigenvalue weighted by atomic mass is 16.1. The minimum absolute atomic E-state index is 0.132. The van der Waals surface area contributed by atoms with Crippen molar-refractivity contribution in [1.29, 1.82) is 0 Å². The molecule has 0 aromatic heterocycles. The summed E-state index contributed by atoms with van der Waals surface area (Å²) in [6, 6.07) is 0.288. The Morgan fingerprint density at radius 2 is 2.31 bits per heavy atom. The Kier molecular flexibility index (Phi) is 5.85. The fraction of sp³-hybridized carbons (Fsp3) is 0.818. The number of unbranched alkanes of at least 4 members (excludes halogenated alkanes) is 1. The molecule has 92 valence electrons. The Bertz CT molecular complexity index is 243. The Morgan fingerprint density at radius 1 is 1.50 bits per heavy atom. The summed E-state index contributed by atoms with van der Waals surface area (Å²) in [6.45, 7) is 1.64. The van der Waals surface area contributed by atoms with Crippen LogP contribution in [0, 0.1) is 0 Å². The zero-order chi connectivity index (χ0) is 11.8. The average Bonchev–Trinajstić information content (AvgIpc) is 2.42. The number of nitrogens with one attached hydrogen (secondary N) is 2. The molecule has 0 aromatic carbocycles. The Labute approximate surface area is 96.1 Å². The van der Waals surface area contributed by atoms with Gasteiger partial charge in [0.05, 0.1) is 0 Å². The van der Waals surface area contributed by atoms with Crippen molar-refractivity contribution in [2.45, 2.75) is 44.6 Å². The molecule has 2 amide bonds. The molecule has 0 saturated carbocycles. The van der Waals surface area contributed by atoms with Crippen LogP contribution in [-0.2, 0) is 9.59 Å². The number of hydrogen-bond donors (Lipinski definition) is 3. The molecule has 0 aliphatic carbocycles. The predicted octanol–water partition coefficient (Wildman–Crippen LogP) is -0.0997. The summed E-state index contributed by atoms with van der Waals surface area (Å²) >= 11 is 0. The van der Waals surface area contributed by atoms with Gasteiger partial charge in [0.25, 0.3) is 0 Å². The first-order chi connectivity index (χ1) is 7.68. The summed E-state index contributed by atoms with van der Waals surface area (Å²) in [5, 5.41) is 6.20. The second-order valence-corrected chi connectivity index (χ2v) is 4.27. The predicted molar refractivity (Wildman–Crippen MR) is 61.7 cm³/mol.